The second-order valence-corrected chi connectivity index (χ2v) is 2.80. The second-order valence-electron chi connectivity index (χ2n) is 2.80. The van der Waals surface area contributed by atoms with Crippen molar-refractivity contribution in [3.8, 4) is 0 Å². The summed E-state index contributed by atoms with van der Waals surface area (Å²) in [6, 6.07) is 3.77. The van der Waals surface area contributed by atoms with E-state index in [4.69, 9.17) is 5.73 Å². The van der Waals surface area contributed by atoms with E-state index < -0.39 is 0 Å². The number of hydrogen-bond donors (Lipinski definition) is 2. The summed E-state index contributed by atoms with van der Waals surface area (Å²) in [5.74, 6) is 0.484. The largest absolute Gasteiger partial charge is 0.384 e. The second kappa shape index (κ2) is 3.74. The lowest BCUT2D eigenvalue weighted by atomic mass is 10.2. The molecule has 0 radical (unpaired) electrons. The van der Waals surface area contributed by atoms with Crippen LogP contribution in [0.3, 0.4) is 0 Å². The number of nitrogens with zero attached hydrogens (tertiary/aromatic N) is 2. The molecule has 3 N–H and O–H groups in total. The maximum Gasteiger partial charge on any atom is 0.125 e. The van der Waals surface area contributed by atoms with Gasteiger partial charge in [-0.25, -0.2) is 4.99 Å². The Labute approximate surface area is 81.9 Å². The summed E-state index contributed by atoms with van der Waals surface area (Å²) in [5.41, 5.74) is 7.42. The van der Waals surface area contributed by atoms with Crippen molar-refractivity contribution >= 4 is 11.5 Å². The molecule has 0 saturated carbocycles. The van der Waals surface area contributed by atoms with Gasteiger partial charge in [0.1, 0.15) is 5.84 Å². The third-order valence-corrected chi connectivity index (χ3v) is 1.80. The van der Waals surface area contributed by atoms with E-state index in [1.165, 1.54) is 0 Å². The maximum atomic E-state index is 5.63. The van der Waals surface area contributed by atoms with Crippen LogP contribution in [0.4, 0.5) is 0 Å². The molecule has 1 aromatic heterocycles. The van der Waals surface area contributed by atoms with Crippen molar-refractivity contribution in [3.63, 3.8) is 0 Å². The van der Waals surface area contributed by atoms with Crippen LogP contribution in [0.25, 0.3) is 5.70 Å². The van der Waals surface area contributed by atoms with E-state index in [9.17, 15) is 0 Å². The topological polar surface area (TPSA) is 63.3 Å². The number of aliphatic imine (C=N–C) groups is 1. The molecule has 2 rings (SSSR count). The Hall–Kier alpha value is -2.10. The molecular formula is C10H10N4. The Morgan fingerprint density at radius 3 is 2.79 bits per heavy atom. The highest BCUT2D eigenvalue weighted by Gasteiger charge is 2.01. The van der Waals surface area contributed by atoms with Crippen molar-refractivity contribution in [2.75, 3.05) is 0 Å². The Morgan fingerprint density at radius 1 is 1.21 bits per heavy atom. The predicted octanol–water partition coefficient (Wildman–Crippen LogP) is 0.854. The van der Waals surface area contributed by atoms with Gasteiger partial charge in [-0.2, -0.15) is 0 Å². The fourth-order valence-corrected chi connectivity index (χ4v) is 1.14. The molecule has 14 heavy (non-hydrogen) atoms. The fraction of sp³-hybridized carbons (Fsp3) is 0. The van der Waals surface area contributed by atoms with Crippen molar-refractivity contribution in [1.29, 1.82) is 0 Å². The van der Waals surface area contributed by atoms with Crippen molar-refractivity contribution in [3.05, 3.63) is 48.6 Å². The van der Waals surface area contributed by atoms with E-state index >= 15 is 0 Å². The molecule has 0 aromatic carbocycles. The highest BCUT2D eigenvalue weighted by atomic mass is 14.9. The molecular weight excluding hydrogens is 176 g/mol. The molecule has 2 heterocycles. The van der Waals surface area contributed by atoms with Crippen LogP contribution in [-0.2, 0) is 0 Å². The van der Waals surface area contributed by atoms with Gasteiger partial charge in [0.25, 0.3) is 0 Å². The first-order valence-corrected chi connectivity index (χ1v) is 4.23. The normalized spacial score (nSPS) is 15.1. The number of hydrogen-bond acceptors (Lipinski definition) is 4. The first kappa shape index (κ1) is 8.50. The fourth-order valence-electron chi connectivity index (χ4n) is 1.14. The quantitative estimate of drug-likeness (QED) is 0.683. The van der Waals surface area contributed by atoms with Gasteiger partial charge in [-0.05, 0) is 18.2 Å². The van der Waals surface area contributed by atoms with Gasteiger partial charge in [0.2, 0.25) is 0 Å². The lowest BCUT2D eigenvalue weighted by Gasteiger charge is -2.00. The van der Waals surface area contributed by atoms with Gasteiger partial charge in [-0.3, -0.25) is 4.98 Å². The zero-order valence-corrected chi connectivity index (χ0v) is 7.51. The van der Waals surface area contributed by atoms with Crippen LogP contribution in [0.15, 0.2) is 48.0 Å². The number of rotatable bonds is 1. The number of pyridine rings is 1. The number of nitrogens with two attached hydrogens (primary N) is 1. The molecule has 0 bridgehead atoms. The zero-order chi connectivity index (χ0) is 9.80. The van der Waals surface area contributed by atoms with Crippen molar-refractivity contribution < 1.29 is 0 Å². The van der Waals surface area contributed by atoms with Crippen LogP contribution in [0.2, 0.25) is 0 Å². The number of nitrogens with one attached hydrogen (secondary N) is 1. The average Bonchev–Trinajstić information content (AvgIpc) is 2.44. The molecule has 0 spiro atoms. The minimum absolute atomic E-state index is 0.484. The number of aromatic nitrogens is 1. The Balaban J connectivity index is 2.36. The Morgan fingerprint density at radius 2 is 2.00 bits per heavy atom. The van der Waals surface area contributed by atoms with Crippen LogP contribution in [-0.4, -0.2) is 10.8 Å². The predicted molar refractivity (Wildman–Crippen MR) is 56.1 cm³/mol. The van der Waals surface area contributed by atoms with E-state index in [0.29, 0.717) is 5.84 Å². The lowest BCUT2D eigenvalue weighted by molar-refractivity contribution is 1.20. The highest BCUT2D eigenvalue weighted by Crippen LogP contribution is 2.14. The van der Waals surface area contributed by atoms with Crippen molar-refractivity contribution in [1.82, 2.24) is 10.3 Å². The molecule has 4 nitrogen and oxygen atoms in total. The first-order chi connectivity index (χ1) is 6.86. The monoisotopic (exact) mass is 186 g/mol. The summed E-state index contributed by atoms with van der Waals surface area (Å²) in [7, 11) is 0. The summed E-state index contributed by atoms with van der Waals surface area (Å²) in [6.45, 7) is 0. The summed E-state index contributed by atoms with van der Waals surface area (Å²) >= 11 is 0. The van der Waals surface area contributed by atoms with E-state index in [0.717, 1.165) is 11.3 Å². The van der Waals surface area contributed by atoms with Crippen LogP contribution in [0, 0.1) is 0 Å². The summed E-state index contributed by atoms with van der Waals surface area (Å²) < 4.78 is 0. The molecule has 0 saturated heterocycles. The molecule has 1 aliphatic heterocycles. The molecule has 0 aliphatic carbocycles. The molecule has 70 valence electrons. The third kappa shape index (κ3) is 1.80. The van der Waals surface area contributed by atoms with Crippen LogP contribution >= 0.6 is 0 Å². The molecule has 0 amide bonds. The summed E-state index contributed by atoms with van der Waals surface area (Å²) in [5, 5.41) is 2.97. The van der Waals surface area contributed by atoms with Gasteiger partial charge < -0.3 is 11.1 Å². The van der Waals surface area contributed by atoms with Gasteiger partial charge in [0.05, 0.1) is 5.70 Å². The van der Waals surface area contributed by atoms with Gasteiger partial charge in [-0.1, -0.05) is 0 Å². The van der Waals surface area contributed by atoms with Gasteiger partial charge in [-0.15, -0.1) is 0 Å². The molecule has 0 unspecified atom stereocenters. The Bertz CT molecular complexity index is 403. The molecule has 1 aliphatic rings. The SMILES string of the molecule is NC1=NC(c2ccncc2)=CNC=C1. The van der Waals surface area contributed by atoms with E-state index in [-0.39, 0.29) is 0 Å². The summed E-state index contributed by atoms with van der Waals surface area (Å²) in [4.78, 5) is 8.16. The van der Waals surface area contributed by atoms with E-state index in [2.05, 4.69) is 15.3 Å². The molecule has 0 atom stereocenters. The highest BCUT2D eigenvalue weighted by molar-refractivity contribution is 5.95. The minimum Gasteiger partial charge on any atom is -0.384 e. The first-order valence-electron chi connectivity index (χ1n) is 4.23. The number of amidine groups is 1. The molecule has 1 aromatic rings. The minimum atomic E-state index is 0.484. The van der Waals surface area contributed by atoms with Gasteiger partial charge >= 0.3 is 0 Å². The summed E-state index contributed by atoms with van der Waals surface area (Å²) in [6.07, 6.45) is 8.70. The van der Waals surface area contributed by atoms with Crippen LogP contribution in [0.5, 0.6) is 0 Å². The van der Waals surface area contributed by atoms with Gasteiger partial charge in [0, 0.05) is 30.4 Å². The third-order valence-electron chi connectivity index (χ3n) is 1.80. The standard InChI is InChI=1S/C10H10N4/c11-10-3-6-13-7-9(14-10)8-1-4-12-5-2-8/h1-7,13H,(H2,11,14). The molecule has 0 fully saturated rings. The average molecular weight is 186 g/mol. The lowest BCUT2D eigenvalue weighted by Crippen LogP contribution is -2.07. The van der Waals surface area contributed by atoms with E-state index in [1.54, 1.807) is 30.9 Å². The maximum absolute atomic E-state index is 5.63. The van der Waals surface area contributed by atoms with E-state index in [1.807, 2.05) is 12.1 Å². The van der Waals surface area contributed by atoms with Crippen molar-refractivity contribution in [2.45, 2.75) is 0 Å². The van der Waals surface area contributed by atoms with Gasteiger partial charge in [0.15, 0.2) is 0 Å². The van der Waals surface area contributed by atoms with Crippen LogP contribution < -0.4 is 11.1 Å². The smallest absolute Gasteiger partial charge is 0.125 e. The van der Waals surface area contributed by atoms with Crippen molar-refractivity contribution in [2.24, 2.45) is 10.7 Å². The zero-order valence-electron chi connectivity index (χ0n) is 7.51. The molecule has 4 heteroatoms. The Kier molecular flexibility index (Phi) is 2.27. The van der Waals surface area contributed by atoms with Crippen LogP contribution in [0.1, 0.15) is 5.56 Å².